The van der Waals surface area contributed by atoms with E-state index in [1.165, 1.54) is 5.57 Å². The van der Waals surface area contributed by atoms with Crippen molar-refractivity contribution < 1.29 is 5.32 Å². The first-order valence-corrected chi connectivity index (χ1v) is 7.40. The predicted octanol–water partition coefficient (Wildman–Crippen LogP) is 3.52. The van der Waals surface area contributed by atoms with Crippen LogP contribution in [-0.4, -0.2) is 27.7 Å². The molecule has 0 radical (unpaired) electrons. The van der Waals surface area contributed by atoms with Crippen LogP contribution in [0, 0.1) is 0 Å². The third-order valence-electron chi connectivity index (χ3n) is 2.56. The molecule has 0 aliphatic rings. The fraction of sp³-hybridized carbons (Fsp3) is 0.412. The van der Waals surface area contributed by atoms with Gasteiger partial charge in [0.25, 0.3) is 0 Å². The molecule has 0 fully saturated rings. The Morgan fingerprint density at radius 3 is 2.33 bits per heavy atom. The van der Waals surface area contributed by atoms with E-state index >= 15 is 0 Å². The van der Waals surface area contributed by atoms with Crippen LogP contribution >= 0.6 is 0 Å². The van der Waals surface area contributed by atoms with E-state index in [9.17, 15) is 0 Å². The van der Waals surface area contributed by atoms with Crippen LogP contribution in [0.1, 0.15) is 20.8 Å². The van der Waals surface area contributed by atoms with Gasteiger partial charge in [-0.15, -0.1) is 0 Å². The average molecular weight is 289 g/mol. The SMILES string of the molecule is CC.C[NH2+]/C=C\C=C(\C)CN=Nc1ccc(N(C)C)cc1. The number of nitrogens with two attached hydrogens (primary N) is 1. The first-order chi connectivity index (χ1) is 10.1. The van der Waals surface area contributed by atoms with Crippen LogP contribution < -0.4 is 10.2 Å². The number of hydrogen-bond donors (Lipinski definition) is 1. The molecule has 1 aromatic carbocycles. The number of nitrogens with zero attached hydrogens (tertiary/aromatic N) is 3. The molecule has 4 nitrogen and oxygen atoms in total. The van der Waals surface area contributed by atoms with Crippen molar-refractivity contribution in [1.82, 2.24) is 0 Å². The number of quaternary nitrogens is 1. The summed E-state index contributed by atoms with van der Waals surface area (Å²) in [5.74, 6) is 0. The molecule has 0 unspecified atom stereocenters. The van der Waals surface area contributed by atoms with Gasteiger partial charge in [-0.3, -0.25) is 0 Å². The highest BCUT2D eigenvalue weighted by atomic mass is 15.1. The molecule has 0 saturated heterocycles. The lowest BCUT2D eigenvalue weighted by atomic mass is 10.3. The third-order valence-corrected chi connectivity index (χ3v) is 2.56. The molecule has 1 rings (SSSR count). The highest BCUT2D eigenvalue weighted by Gasteiger charge is 1.94. The zero-order valence-electron chi connectivity index (χ0n) is 14.2. The second-order valence-corrected chi connectivity index (χ2v) is 4.54. The minimum atomic E-state index is 0.628. The Labute approximate surface area is 129 Å². The van der Waals surface area contributed by atoms with Gasteiger partial charge in [0, 0.05) is 19.8 Å². The second-order valence-electron chi connectivity index (χ2n) is 4.54. The minimum Gasteiger partial charge on any atom is -0.378 e. The van der Waals surface area contributed by atoms with E-state index in [-0.39, 0.29) is 0 Å². The van der Waals surface area contributed by atoms with Crippen LogP contribution in [0.4, 0.5) is 11.4 Å². The summed E-state index contributed by atoms with van der Waals surface area (Å²) in [6.07, 6.45) is 6.06. The van der Waals surface area contributed by atoms with E-state index in [4.69, 9.17) is 0 Å². The maximum Gasteiger partial charge on any atom is 0.0923 e. The lowest BCUT2D eigenvalue weighted by molar-refractivity contribution is -0.556. The van der Waals surface area contributed by atoms with Crippen LogP contribution in [-0.2, 0) is 0 Å². The molecule has 2 N–H and O–H groups in total. The van der Waals surface area contributed by atoms with E-state index in [1.807, 2.05) is 89.8 Å². The van der Waals surface area contributed by atoms with Gasteiger partial charge in [-0.2, -0.15) is 10.2 Å². The second kappa shape index (κ2) is 11.9. The van der Waals surface area contributed by atoms with Crippen molar-refractivity contribution >= 4 is 11.4 Å². The molecule has 0 aliphatic carbocycles. The van der Waals surface area contributed by atoms with Crippen LogP contribution in [0.3, 0.4) is 0 Å². The highest BCUT2D eigenvalue weighted by Crippen LogP contribution is 2.18. The molecule has 1 aromatic rings. The molecule has 21 heavy (non-hydrogen) atoms. The van der Waals surface area contributed by atoms with Crippen LogP contribution in [0.15, 0.2) is 58.4 Å². The van der Waals surface area contributed by atoms with Gasteiger partial charge in [-0.05, 0) is 42.8 Å². The highest BCUT2D eigenvalue weighted by molar-refractivity contribution is 5.51. The maximum atomic E-state index is 4.21. The quantitative estimate of drug-likeness (QED) is 0.632. The number of rotatable bonds is 6. The van der Waals surface area contributed by atoms with Crippen molar-refractivity contribution in [2.24, 2.45) is 10.2 Å². The monoisotopic (exact) mass is 289 g/mol. The van der Waals surface area contributed by atoms with Crippen molar-refractivity contribution in [2.45, 2.75) is 20.8 Å². The zero-order chi connectivity index (χ0) is 16.1. The molecule has 0 bridgehead atoms. The van der Waals surface area contributed by atoms with Gasteiger partial charge >= 0.3 is 0 Å². The Morgan fingerprint density at radius 2 is 1.81 bits per heavy atom. The molecule has 0 aromatic heterocycles. The van der Waals surface area contributed by atoms with Crippen molar-refractivity contribution in [2.75, 3.05) is 32.6 Å². The molecule has 0 spiro atoms. The summed E-state index contributed by atoms with van der Waals surface area (Å²) in [6.45, 7) is 6.68. The van der Waals surface area contributed by atoms with Gasteiger partial charge in [0.2, 0.25) is 0 Å². The maximum absolute atomic E-state index is 4.21. The summed E-state index contributed by atoms with van der Waals surface area (Å²) in [5.41, 5.74) is 3.23. The first kappa shape index (κ1) is 19.1. The molecule has 116 valence electrons. The van der Waals surface area contributed by atoms with E-state index < -0.39 is 0 Å². The molecule has 0 amide bonds. The molecular formula is C17H29N4+. The van der Waals surface area contributed by atoms with Gasteiger partial charge in [-0.1, -0.05) is 19.9 Å². The predicted molar refractivity (Wildman–Crippen MR) is 92.2 cm³/mol. The fourth-order valence-corrected chi connectivity index (χ4v) is 1.43. The Morgan fingerprint density at radius 1 is 1.19 bits per heavy atom. The fourth-order valence-electron chi connectivity index (χ4n) is 1.43. The van der Waals surface area contributed by atoms with Gasteiger partial charge < -0.3 is 10.2 Å². The van der Waals surface area contributed by atoms with Crippen molar-refractivity contribution in [3.63, 3.8) is 0 Å². The van der Waals surface area contributed by atoms with E-state index in [0.717, 1.165) is 11.4 Å². The molecule has 0 saturated carbocycles. The summed E-state index contributed by atoms with van der Waals surface area (Å²) in [7, 11) is 6.04. The third kappa shape index (κ3) is 8.76. The average Bonchev–Trinajstić information content (AvgIpc) is 2.50. The van der Waals surface area contributed by atoms with Crippen molar-refractivity contribution in [3.05, 3.63) is 48.2 Å². The first-order valence-electron chi connectivity index (χ1n) is 7.40. The van der Waals surface area contributed by atoms with Gasteiger partial charge in [-0.25, -0.2) is 0 Å². The minimum absolute atomic E-state index is 0.628. The van der Waals surface area contributed by atoms with Gasteiger partial charge in [0.1, 0.15) is 0 Å². The smallest absolute Gasteiger partial charge is 0.0923 e. The Kier molecular flexibility index (Phi) is 10.8. The number of hydrogen-bond acceptors (Lipinski definition) is 3. The van der Waals surface area contributed by atoms with Crippen LogP contribution in [0.5, 0.6) is 0 Å². The van der Waals surface area contributed by atoms with Crippen LogP contribution in [0.2, 0.25) is 0 Å². The summed E-state index contributed by atoms with van der Waals surface area (Å²) in [6, 6.07) is 8.03. The molecule has 0 atom stereocenters. The Bertz CT molecular complexity index is 456. The largest absolute Gasteiger partial charge is 0.378 e. The standard InChI is InChI=1S/C15H22N4.C2H6/c1-13(6-5-11-16-2)12-17-18-14-7-9-15(10-8-14)19(3)4;1-2/h5-11,16H,12H2,1-4H3;1-2H3/p+1/b11-5-,13-6-,18-17?;. The molecule has 0 aliphatic heterocycles. The van der Waals surface area contributed by atoms with E-state index in [0.29, 0.717) is 6.54 Å². The molecule has 4 heteroatoms. The topological polar surface area (TPSA) is 44.6 Å². The summed E-state index contributed by atoms with van der Waals surface area (Å²) in [4.78, 5) is 2.06. The number of azo groups is 1. The number of benzene rings is 1. The van der Waals surface area contributed by atoms with Crippen molar-refractivity contribution in [3.8, 4) is 0 Å². The Hall–Kier alpha value is -1.94. The summed E-state index contributed by atoms with van der Waals surface area (Å²) >= 11 is 0. The molecule has 0 heterocycles. The Balaban J connectivity index is 0.00000191. The number of anilines is 1. The lowest BCUT2D eigenvalue weighted by Crippen LogP contribution is -2.72. The molecular weight excluding hydrogens is 260 g/mol. The van der Waals surface area contributed by atoms with E-state index in [2.05, 4.69) is 15.1 Å². The van der Waals surface area contributed by atoms with Crippen molar-refractivity contribution in [1.29, 1.82) is 0 Å². The van der Waals surface area contributed by atoms with Crippen LogP contribution in [0.25, 0.3) is 0 Å². The summed E-state index contributed by atoms with van der Waals surface area (Å²) < 4.78 is 0. The van der Waals surface area contributed by atoms with E-state index in [1.54, 1.807) is 0 Å². The normalized spacial score (nSPS) is 11.6. The van der Waals surface area contributed by atoms with Gasteiger partial charge in [0.15, 0.2) is 0 Å². The lowest BCUT2D eigenvalue weighted by Gasteiger charge is -2.11. The summed E-state index contributed by atoms with van der Waals surface area (Å²) in [5, 5.41) is 10.4. The number of allylic oxidation sites excluding steroid dienone is 2. The zero-order valence-corrected chi connectivity index (χ0v) is 14.2. The van der Waals surface area contributed by atoms with Gasteiger partial charge in [0.05, 0.1) is 25.5 Å².